The minimum absolute atomic E-state index is 0.0222. The zero-order valence-corrected chi connectivity index (χ0v) is 9.78. The van der Waals surface area contributed by atoms with E-state index in [9.17, 15) is 17.6 Å². The highest BCUT2D eigenvalue weighted by atomic mass is 35.5. The van der Waals surface area contributed by atoms with E-state index >= 15 is 0 Å². The minimum atomic E-state index is -4.25. The molecule has 0 saturated carbocycles. The summed E-state index contributed by atoms with van der Waals surface area (Å²) in [5.74, 6) is -0.804. The van der Waals surface area contributed by atoms with Crippen LogP contribution in [-0.4, -0.2) is 12.8 Å². The Balaban J connectivity index is 2.63. The van der Waals surface area contributed by atoms with Gasteiger partial charge in [0.1, 0.15) is 17.6 Å². The molecule has 0 atom stereocenters. The van der Waals surface area contributed by atoms with Crippen molar-refractivity contribution in [1.82, 2.24) is 0 Å². The summed E-state index contributed by atoms with van der Waals surface area (Å²) in [6.45, 7) is -0.226. The maximum Gasteiger partial charge on any atom is 0.389 e. The highest BCUT2D eigenvalue weighted by molar-refractivity contribution is 6.30. The predicted molar refractivity (Wildman–Crippen MR) is 56.9 cm³/mol. The number of halogens is 5. The molecule has 1 aromatic rings. The van der Waals surface area contributed by atoms with Crippen molar-refractivity contribution in [3.8, 4) is 11.8 Å². The summed E-state index contributed by atoms with van der Waals surface area (Å²) < 4.78 is 53.6. The number of hydrogen-bond donors (Lipinski definition) is 0. The van der Waals surface area contributed by atoms with Crippen molar-refractivity contribution < 1.29 is 22.3 Å². The summed E-state index contributed by atoms with van der Waals surface area (Å²) >= 11 is 5.48. The fourth-order valence-corrected chi connectivity index (χ4v) is 1.34. The van der Waals surface area contributed by atoms with E-state index in [0.717, 1.165) is 12.1 Å². The molecule has 0 saturated heterocycles. The van der Waals surface area contributed by atoms with Crippen LogP contribution in [0.2, 0.25) is 5.02 Å². The Morgan fingerprint density at radius 3 is 2.56 bits per heavy atom. The Hall–Kier alpha value is -1.48. The third-order valence-corrected chi connectivity index (χ3v) is 2.29. The average molecular weight is 282 g/mol. The monoisotopic (exact) mass is 281 g/mol. The SMILES string of the molecule is N#Cc1cc(F)c(Cl)cc1OCCCC(F)(F)F. The maximum absolute atomic E-state index is 13.0. The fraction of sp³-hybridized carbons (Fsp3) is 0.364. The second kappa shape index (κ2) is 5.91. The largest absolute Gasteiger partial charge is 0.492 e. The van der Waals surface area contributed by atoms with Crippen molar-refractivity contribution in [1.29, 1.82) is 5.26 Å². The highest BCUT2D eigenvalue weighted by Gasteiger charge is 2.26. The Kier molecular flexibility index (Phi) is 4.79. The van der Waals surface area contributed by atoms with Gasteiger partial charge in [0.05, 0.1) is 17.2 Å². The van der Waals surface area contributed by atoms with Crippen molar-refractivity contribution in [3.05, 3.63) is 28.5 Å². The van der Waals surface area contributed by atoms with Gasteiger partial charge in [-0.1, -0.05) is 11.6 Å². The topological polar surface area (TPSA) is 33.0 Å². The molecule has 0 amide bonds. The van der Waals surface area contributed by atoms with Crippen molar-refractivity contribution in [2.45, 2.75) is 19.0 Å². The van der Waals surface area contributed by atoms with Gasteiger partial charge in [0.2, 0.25) is 0 Å². The van der Waals surface area contributed by atoms with Gasteiger partial charge >= 0.3 is 6.18 Å². The molecule has 1 aromatic carbocycles. The second-order valence-electron chi connectivity index (χ2n) is 3.44. The molecule has 7 heteroatoms. The van der Waals surface area contributed by atoms with Crippen LogP contribution in [0.3, 0.4) is 0 Å². The van der Waals surface area contributed by atoms with E-state index in [1.165, 1.54) is 0 Å². The number of benzene rings is 1. The highest BCUT2D eigenvalue weighted by Crippen LogP contribution is 2.27. The maximum atomic E-state index is 13.0. The van der Waals surface area contributed by atoms with Gasteiger partial charge in [0.25, 0.3) is 0 Å². The molecule has 0 aliphatic carbocycles. The van der Waals surface area contributed by atoms with Gasteiger partial charge in [-0.05, 0) is 12.5 Å². The molecule has 0 bridgehead atoms. The molecule has 0 spiro atoms. The summed E-state index contributed by atoms with van der Waals surface area (Å²) in [4.78, 5) is 0. The van der Waals surface area contributed by atoms with Gasteiger partial charge in [0, 0.05) is 12.5 Å². The standard InChI is InChI=1S/C11H8ClF4NO/c12-8-5-10(7(6-17)4-9(8)13)18-3-1-2-11(14,15)16/h4-5H,1-3H2. The molecule has 0 aliphatic rings. The lowest BCUT2D eigenvalue weighted by atomic mass is 10.2. The normalized spacial score (nSPS) is 11.1. The number of nitrogens with zero attached hydrogens (tertiary/aromatic N) is 1. The van der Waals surface area contributed by atoms with E-state index < -0.39 is 18.4 Å². The summed E-state index contributed by atoms with van der Waals surface area (Å²) in [6.07, 6.45) is -5.48. The van der Waals surface area contributed by atoms with Crippen LogP contribution in [0.15, 0.2) is 12.1 Å². The zero-order chi connectivity index (χ0) is 13.8. The molecule has 98 valence electrons. The summed E-state index contributed by atoms with van der Waals surface area (Å²) in [7, 11) is 0. The van der Waals surface area contributed by atoms with Gasteiger partial charge in [0.15, 0.2) is 0 Å². The molecule has 1 rings (SSSR count). The van der Waals surface area contributed by atoms with E-state index in [0.29, 0.717) is 0 Å². The van der Waals surface area contributed by atoms with Crippen LogP contribution in [0.1, 0.15) is 18.4 Å². The fourth-order valence-electron chi connectivity index (χ4n) is 1.19. The second-order valence-corrected chi connectivity index (χ2v) is 3.85. The molecule has 0 fully saturated rings. The summed E-state index contributed by atoms with van der Waals surface area (Å²) in [6, 6.07) is 3.62. The first kappa shape index (κ1) is 14.6. The number of nitriles is 1. The molecule has 0 N–H and O–H groups in total. The molecular weight excluding hydrogens is 274 g/mol. The van der Waals surface area contributed by atoms with Crippen LogP contribution in [-0.2, 0) is 0 Å². The van der Waals surface area contributed by atoms with Gasteiger partial charge in [-0.25, -0.2) is 4.39 Å². The number of hydrogen-bond acceptors (Lipinski definition) is 2. The van der Waals surface area contributed by atoms with E-state index in [4.69, 9.17) is 21.6 Å². The van der Waals surface area contributed by atoms with E-state index in [1.54, 1.807) is 6.07 Å². The average Bonchev–Trinajstić information content (AvgIpc) is 2.27. The van der Waals surface area contributed by atoms with E-state index in [2.05, 4.69) is 0 Å². The lowest BCUT2D eigenvalue weighted by Crippen LogP contribution is -2.10. The summed E-state index contributed by atoms with van der Waals surface area (Å²) in [5.41, 5.74) is -0.107. The van der Waals surface area contributed by atoms with Gasteiger partial charge in [-0.2, -0.15) is 18.4 Å². The van der Waals surface area contributed by atoms with Gasteiger partial charge in [-0.15, -0.1) is 0 Å². The van der Waals surface area contributed by atoms with Crippen molar-refractivity contribution in [2.75, 3.05) is 6.61 Å². The quantitative estimate of drug-likeness (QED) is 0.615. The van der Waals surface area contributed by atoms with Crippen LogP contribution in [0.25, 0.3) is 0 Å². The third-order valence-electron chi connectivity index (χ3n) is 2.01. The Labute approximate surface area is 106 Å². The van der Waals surface area contributed by atoms with E-state index in [1.807, 2.05) is 0 Å². The first-order valence-corrected chi connectivity index (χ1v) is 5.30. The summed E-state index contributed by atoms with van der Waals surface area (Å²) in [5, 5.41) is 8.45. The predicted octanol–water partition coefficient (Wildman–Crippen LogP) is 4.07. The van der Waals surface area contributed by atoms with Crippen LogP contribution in [0.5, 0.6) is 5.75 Å². The van der Waals surface area contributed by atoms with E-state index in [-0.39, 0.29) is 29.4 Å². The molecule has 18 heavy (non-hydrogen) atoms. The minimum Gasteiger partial charge on any atom is -0.492 e. The Bertz CT molecular complexity index is 467. The van der Waals surface area contributed by atoms with Crippen LogP contribution in [0, 0.1) is 17.1 Å². The number of rotatable bonds is 4. The van der Waals surface area contributed by atoms with Gasteiger partial charge in [-0.3, -0.25) is 0 Å². The smallest absolute Gasteiger partial charge is 0.389 e. The third kappa shape index (κ3) is 4.41. The van der Waals surface area contributed by atoms with Crippen LogP contribution >= 0.6 is 11.6 Å². The van der Waals surface area contributed by atoms with Crippen LogP contribution < -0.4 is 4.74 Å². The van der Waals surface area contributed by atoms with Gasteiger partial charge < -0.3 is 4.74 Å². The first-order valence-electron chi connectivity index (χ1n) is 4.92. The lowest BCUT2D eigenvalue weighted by molar-refractivity contribution is -0.136. The molecule has 0 aliphatic heterocycles. The van der Waals surface area contributed by atoms with Crippen molar-refractivity contribution >= 4 is 11.6 Å². The molecule has 0 aromatic heterocycles. The first-order chi connectivity index (χ1) is 8.33. The van der Waals surface area contributed by atoms with Crippen molar-refractivity contribution in [2.24, 2.45) is 0 Å². The molecular formula is C11H8ClF4NO. The lowest BCUT2D eigenvalue weighted by Gasteiger charge is -2.10. The number of ether oxygens (including phenoxy) is 1. The molecule has 0 radical (unpaired) electrons. The number of alkyl halides is 3. The Morgan fingerprint density at radius 1 is 1.33 bits per heavy atom. The van der Waals surface area contributed by atoms with Crippen LogP contribution in [0.4, 0.5) is 17.6 Å². The molecule has 0 heterocycles. The molecule has 2 nitrogen and oxygen atoms in total. The zero-order valence-electron chi connectivity index (χ0n) is 9.02. The Morgan fingerprint density at radius 2 is 2.00 bits per heavy atom. The molecule has 0 unspecified atom stereocenters. The van der Waals surface area contributed by atoms with Crippen molar-refractivity contribution in [3.63, 3.8) is 0 Å².